The minimum Gasteiger partial charge on any atom is -0.0879 e. The van der Waals surface area contributed by atoms with Crippen LogP contribution in [0.25, 0.3) is 0 Å². The molecule has 0 aliphatic heterocycles. The molecule has 0 fully saturated rings. The predicted octanol–water partition coefficient (Wildman–Crippen LogP) is 5.66. The first-order chi connectivity index (χ1) is 8.58. The van der Waals surface area contributed by atoms with Gasteiger partial charge in [-0.15, -0.1) is 0 Å². The molecule has 0 amide bonds. The molecule has 0 aliphatic carbocycles. The maximum atomic E-state index is 2.38. The fraction of sp³-hybridized carbons (Fsp3) is 0.444. The summed E-state index contributed by atoms with van der Waals surface area (Å²) in [6, 6.07) is 10.8. The number of benzene rings is 1. The summed E-state index contributed by atoms with van der Waals surface area (Å²) in [5.74, 6) is 0. The average Bonchev–Trinajstić information content (AvgIpc) is 2.37. The van der Waals surface area contributed by atoms with Crippen molar-refractivity contribution in [1.82, 2.24) is 0 Å². The smallest absolute Gasteiger partial charge is 0.0106 e. The van der Waals surface area contributed by atoms with Crippen molar-refractivity contribution in [2.24, 2.45) is 0 Å². The summed E-state index contributed by atoms with van der Waals surface area (Å²) in [7, 11) is 0. The Bertz CT molecular complexity index is 393. The zero-order valence-corrected chi connectivity index (χ0v) is 12.2. The molecule has 0 aliphatic rings. The Labute approximate surface area is 112 Å². The first-order valence-electron chi connectivity index (χ1n) is 6.95. The highest BCUT2D eigenvalue weighted by molar-refractivity contribution is 5.30. The minimum atomic E-state index is 0.156. The fourth-order valence-corrected chi connectivity index (χ4v) is 2.18. The monoisotopic (exact) mass is 242 g/mol. The third kappa shape index (κ3) is 4.52. The molecule has 1 atom stereocenters. The quantitative estimate of drug-likeness (QED) is 0.565. The molecule has 0 nitrogen and oxygen atoms in total. The lowest BCUT2D eigenvalue weighted by Crippen LogP contribution is -2.18. The molecule has 0 heteroatoms. The van der Waals surface area contributed by atoms with E-state index in [0.29, 0.717) is 0 Å². The molecule has 0 heterocycles. The van der Waals surface area contributed by atoms with Gasteiger partial charge in [-0.25, -0.2) is 0 Å². The van der Waals surface area contributed by atoms with Crippen molar-refractivity contribution in [1.29, 1.82) is 0 Å². The van der Waals surface area contributed by atoms with Crippen LogP contribution < -0.4 is 0 Å². The van der Waals surface area contributed by atoms with E-state index < -0.39 is 0 Å². The van der Waals surface area contributed by atoms with Crippen LogP contribution in [-0.2, 0) is 5.41 Å². The topological polar surface area (TPSA) is 0 Å². The second kappa shape index (κ2) is 7.20. The summed E-state index contributed by atoms with van der Waals surface area (Å²) >= 11 is 0. The van der Waals surface area contributed by atoms with E-state index in [1.165, 1.54) is 17.6 Å². The van der Waals surface area contributed by atoms with E-state index in [2.05, 4.69) is 76.3 Å². The van der Waals surface area contributed by atoms with Crippen LogP contribution in [0.2, 0.25) is 0 Å². The summed E-state index contributed by atoms with van der Waals surface area (Å²) in [6.07, 6.45) is 10.4. The van der Waals surface area contributed by atoms with Gasteiger partial charge in [0.1, 0.15) is 0 Å². The van der Waals surface area contributed by atoms with Crippen molar-refractivity contribution in [3.05, 3.63) is 59.7 Å². The molecule has 0 bridgehead atoms. The summed E-state index contributed by atoms with van der Waals surface area (Å²) < 4.78 is 0. The minimum absolute atomic E-state index is 0.156. The van der Waals surface area contributed by atoms with Gasteiger partial charge in [0.2, 0.25) is 0 Å². The molecule has 18 heavy (non-hydrogen) atoms. The standard InChI is InChI=1S/C18H26/c1-5-6-14-18(4,15-10-11-16(2)3)17-12-8-7-9-13-17/h6-9,11-14H,5,10,15H2,1-4H3/b14-6+/t18-/m0/s1. The number of hydrogen-bond donors (Lipinski definition) is 0. The van der Waals surface area contributed by atoms with Gasteiger partial charge in [-0.05, 0) is 38.7 Å². The lowest BCUT2D eigenvalue weighted by atomic mass is 9.78. The SMILES string of the molecule is CC/C=C/[C@@](C)(CCC=C(C)C)c1ccccc1. The molecule has 0 saturated heterocycles. The molecule has 0 saturated carbocycles. The Morgan fingerprint density at radius 2 is 1.83 bits per heavy atom. The van der Waals surface area contributed by atoms with Crippen LogP contribution >= 0.6 is 0 Å². The molecule has 1 aromatic rings. The van der Waals surface area contributed by atoms with Crippen molar-refractivity contribution in [3.8, 4) is 0 Å². The average molecular weight is 242 g/mol. The van der Waals surface area contributed by atoms with E-state index in [-0.39, 0.29) is 5.41 Å². The van der Waals surface area contributed by atoms with Gasteiger partial charge in [-0.1, -0.05) is 68.0 Å². The van der Waals surface area contributed by atoms with Crippen LogP contribution in [0, 0.1) is 0 Å². The molecule has 0 unspecified atom stereocenters. The molecule has 1 aromatic carbocycles. The molecule has 0 spiro atoms. The van der Waals surface area contributed by atoms with E-state index in [1.54, 1.807) is 0 Å². The zero-order valence-electron chi connectivity index (χ0n) is 12.2. The normalized spacial score (nSPS) is 14.4. The molecular weight excluding hydrogens is 216 g/mol. The number of hydrogen-bond acceptors (Lipinski definition) is 0. The van der Waals surface area contributed by atoms with Crippen LogP contribution in [0.5, 0.6) is 0 Å². The Kier molecular flexibility index (Phi) is 5.91. The third-order valence-electron chi connectivity index (χ3n) is 3.37. The van der Waals surface area contributed by atoms with Gasteiger partial charge in [0, 0.05) is 5.41 Å². The van der Waals surface area contributed by atoms with Gasteiger partial charge in [-0.3, -0.25) is 0 Å². The number of allylic oxidation sites excluding steroid dienone is 4. The fourth-order valence-electron chi connectivity index (χ4n) is 2.18. The van der Waals surface area contributed by atoms with Crippen LogP contribution in [-0.4, -0.2) is 0 Å². The lowest BCUT2D eigenvalue weighted by Gasteiger charge is -2.26. The van der Waals surface area contributed by atoms with Crippen LogP contribution in [0.1, 0.15) is 52.5 Å². The van der Waals surface area contributed by atoms with Gasteiger partial charge >= 0.3 is 0 Å². The van der Waals surface area contributed by atoms with Crippen LogP contribution in [0.4, 0.5) is 0 Å². The Morgan fingerprint density at radius 1 is 1.17 bits per heavy atom. The molecule has 1 rings (SSSR count). The van der Waals surface area contributed by atoms with Gasteiger partial charge in [0.15, 0.2) is 0 Å². The summed E-state index contributed by atoms with van der Waals surface area (Å²) in [5.41, 5.74) is 2.98. The second-order valence-electron chi connectivity index (χ2n) is 5.41. The number of rotatable bonds is 6. The maximum Gasteiger partial charge on any atom is 0.0106 e. The summed E-state index contributed by atoms with van der Waals surface area (Å²) in [4.78, 5) is 0. The van der Waals surface area contributed by atoms with Gasteiger partial charge in [-0.2, -0.15) is 0 Å². The van der Waals surface area contributed by atoms with E-state index >= 15 is 0 Å². The lowest BCUT2D eigenvalue weighted by molar-refractivity contribution is 0.543. The second-order valence-corrected chi connectivity index (χ2v) is 5.41. The van der Waals surface area contributed by atoms with E-state index in [4.69, 9.17) is 0 Å². The van der Waals surface area contributed by atoms with E-state index in [0.717, 1.165) is 12.8 Å². The summed E-state index contributed by atoms with van der Waals surface area (Å²) in [6.45, 7) is 8.87. The maximum absolute atomic E-state index is 2.38. The Hall–Kier alpha value is -1.30. The molecule has 0 N–H and O–H groups in total. The predicted molar refractivity (Wildman–Crippen MR) is 81.9 cm³/mol. The largest absolute Gasteiger partial charge is 0.0879 e. The highest BCUT2D eigenvalue weighted by atomic mass is 14.3. The highest BCUT2D eigenvalue weighted by Crippen LogP contribution is 2.31. The van der Waals surface area contributed by atoms with Crippen molar-refractivity contribution in [3.63, 3.8) is 0 Å². The Balaban J connectivity index is 2.89. The van der Waals surface area contributed by atoms with Crippen molar-refractivity contribution in [2.75, 3.05) is 0 Å². The van der Waals surface area contributed by atoms with Crippen molar-refractivity contribution < 1.29 is 0 Å². The van der Waals surface area contributed by atoms with Gasteiger partial charge in [0.05, 0.1) is 0 Å². The highest BCUT2D eigenvalue weighted by Gasteiger charge is 2.21. The molecular formula is C18H26. The zero-order chi connectivity index (χ0) is 13.4. The van der Waals surface area contributed by atoms with Crippen molar-refractivity contribution in [2.45, 2.75) is 52.4 Å². The van der Waals surface area contributed by atoms with Crippen LogP contribution in [0.3, 0.4) is 0 Å². The molecule has 98 valence electrons. The Morgan fingerprint density at radius 3 is 2.39 bits per heavy atom. The first kappa shape index (κ1) is 14.8. The molecule has 0 radical (unpaired) electrons. The third-order valence-corrected chi connectivity index (χ3v) is 3.37. The summed E-state index contributed by atoms with van der Waals surface area (Å²) in [5, 5.41) is 0. The van der Waals surface area contributed by atoms with Crippen LogP contribution in [0.15, 0.2) is 54.1 Å². The molecule has 0 aromatic heterocycles. The van der Waals surface area contributed by atoms with E-state index in [9.17, 15) is 0 Å². The van der Waals surface area contributed by atoms with E-state index in [1.807, 2.05) is 0 Å². The first-order valence-corrected chi connectivity index (χ1v) is 6.95. The van der Waals surface area contributed by atoms with Gasteiger partial charge < -0.3 is 0 Å². The van der Waals surface area contributed by atoms with Crippen molar-refractivity contribution >= 4 is 0 Å². The van der Waals surface area contributed by atoms with Gasteiger partial charge in [0.25, 0.3) is 0 Å².